The molecule has 0 aromatic carbocycles. The second-order valence-corrected chi connectivity index (χ2v) is 6.20. The highest BCUT2D eigenvalue weighted by atomic mass is 15.2. The van der Waals surface area contributed by atoms with Crippen LogP contribution in [0.1, 0.15) is 32.1 Å². The molecule has 100 valence electrons. The Balaban J connectivity index is 1.83. The predicted molar refractivity (Wildman–Crippen MR) is 73.0 cm³/mol. The molecule has 0 amide bonds. The molecule has 2 fully saturated rings. The molecule has 1 saturated carbocycles. The van der Waals surface area contributed by atoms with Crippen molar-refractivity contribution in [2.75, 3.05) is 40.3 Å². The van der Waals surface area contributed by atoms with Crippen molar-refractivity contribution in [1.29, 1.82) is 0 Å². The molecule has 0 spiro atoms. The number of rotatable bonds is 4. The lowest BCUT2D eigenvalue weighted by Gasteiger charge is -2.38. The van der Waals surface area contributed by atoms with Crippen LogP contribution in [0.3, 0.4) is 0 Å². The average molecular weight is 239 g/mol. The van der Waals surface area contributed by atoms with E-state index in [9.17, 15) is 0 Å². The fourth-order valence-electron chi connectivity index (χ4n) is 3.76. The minimum Gasteiger partial charge on any atom is -0.330 e. The highest BCUT2D eigenvalue weighted by molar-refractivity contribution is 4.85. The van der Waals surface area contributed by atoms with Gasteiger partial charge in [0.15, 0.2) is 0 Å². The monoisotopic (exact) mass is 239 g/mol. The van der Waals surface area contributed by atoms with E-state index >= 15 is 0 Å². The summed E-state index contributed by atoms with van der Waals surface area (Å²) in [6.45, 7) is 4.71. The van der Waals surface area contributed by atoms with Gasteiger partial charge in [0, 0.05) is 19.1 Å². The largest absolute Gasteiger partial charge is 0.330 e. The van der Waals surface area contributed by atoms with E-state index in [0.29, 0.717) is 0 Å². The lowest BCUT2D eigenvalue weighted by atomic mass is 9.83. The number of hydrogen-bond donors (Lipinski definition) is 1. The molecule has 3 atom stereocenters. The molecule has 0 radical (unpaired) electrons. The molecule has 3 unspecified atom stereocenters. The fraction of sp³-hybridized carbons (Fsp3) is 1.00. The number of hydrogen-bond acceptors (Lipinski definition) is 3. The fourth-order valence-corrected chi connectivity index (χ4v) is 3.76. The lowest BCUT2D eigenvalue weighted by Crippen LogP contribution is -2.45. The predicted octanol–water partition coefficient (Wildman–Crippen LogP) is 1.39. The summed E-state index contributed by atoms with van der Waals surface area (Å²) in [7, 11) is 4.56. The molecule has 2 rings (SSSR count). The zero-order valence-corrected chi connectivity index (χ0v) is 11.6. The molecule has 3 heteroatoms. The first-order valence-electron chi connectivity index (χ1n) is 7.29. The van der Waals surface area contributed by atoms with Crippen LogP contribution in [0.2, 0.25) is 0 Å². The van der Waals surface area contributed by atoms with Gasteiger partial charge >= 0.3 is 0 Å². The molecule has 0 aromatic heterocycles. The van der Waals surface area contributed by atoms with Gasteiger partial charge in [-0.15, -0.1) is 0 Å². The molecule has 1 aliphatic heterocycles. The highest BCUT2D eigenvalue weighted by Crippen LogP contribution is 2.28. The molecule has 0 aromatic rings. The number of likely N-dealkylation sites (tertiary alicyclic amines) is 1. The molecule has 0 bridgehead atoms. The maximum Gasteiger partial charge on any atom is 0.0133 e. The molecule has 17 heavy (non-hydrogen) atoms. The van der Waals surface area contributed by atoms with Crippen molar-refractivity contribution in [2.24, 2.45) is 17.6 Å². The van der Waals surface area contributed by atoms with Gasteiger partial charge in [-0.1, -0.05) is 12.8 Å². The van der Waals surface area contributed by atoms with Gasteiger partial charge in [0.05, 0.1) is 0 Å². The summed E-state index contributed by atoms with van der Waals surface area (Å²) in [4.78, 5) is 5.07. The van der Waals surface area contributed by atoms with Crippen LogP contribution in [0, 0.1) is 11.8 Å². The van der Waals surface area contributed by atoms with E-state index in [4.69, 9.17) is 5.73 Å². The zero-order chi connectivity index (χ0) is 12.3. The Kier molecular flexibility index (Phi) is 4.83. The lowest BCUT2D eigenvalue weighted by molar-refractivity contribution is 0.117. The molecular weight excluding hydrogens is 210 g/mol. The normalized spacial score (nSPS) is 35.6. The van der Waals surface area contributed by atoms with E-state index < -0.39 is 0 Å². The Labute approximate surface area is 106 Å². The number of nitrogens with two attached hydrogens (primary N) is 1. The summed E-state index contributed by atoms with van der Waals surface area (Å²) in [5.41, 5.74) is 5.93. The first-order valence-corrected chi connectivity index (χ1v) is 7.29. The zero-order valence-electron chi connectivity index (χ0n) is 11.6. The van der Waals surface area contributed by atoms with Crippen LogP contribution in [0.5, 0.6) is 0 Å². The van der Waals surface area contributed by atoms with E-state index in [0.717, 1.165) is 24.4 Å². The molecule has 3 nitrogen and oxygen atoms in total. The summed E-state index contributed by atoms with van der Waals surface area (Å²) < 4.78 is 0. The highest BCUT2D eigenvalue weighted by Gasteiger charge is 2.29. The quantitative estimate of drug-likeness (QED) is 0.804. The minimum atomic E-state index is 0.743. The Hall–Kier alpha value is -0.120. The van der Waals surface area contributed by atoms with Crippen molar-refractivity contribution in [3.63, 3.8) is 0 Å². The van der Waals surface area contributed by atoms with Gasteiger partial charge in [0.2, 0.25) is 0 Å². The SMILES string of the molecule is CN1CCC(CN(C)C2CCCCC2CN)C1. The van der Waals surface area contributed by atoms with E-state index in [1.165, 1.54) is 51.7 Å². The van der Waals surface area contributed by atoms with Crippen LogP contribution < -0.4 is 5.73 Å². The van der Waals surface area contributed by atoms with Gasteiger partial charge in [-0.2, -0.15) is 0 Å². The van der Waals surface area contributed by atoms with Gasteiger partial charge in [-0.3, -0.25) is 0 Å². The van der Waals surface area contributed by atoms with Crippen LogP contribution in [0.4, 0.5) is 0 Å². The van der Waals surface area contributed by atoms with E-state index in [-0.39, 0.29) is 0 Å². The van der Waals surface area contributed by atoms with Crippen molar-refractivity contribution in [1.82, 2.24) is 9.80 Å². The average Bonchev–Trinajstić information content (AvgIpc) is 2.74. The summed E-state index contributed by atoms with van der Waals surface area (Å²) >= 11 is 0. The molecule has 1 saturated heterocycles. The van der Waals surface area contributed by atoms with E-state index in [2.05, 4.69) is 23.9 Å². The van der Waals surface area contributed by atoms with Crippen LogP contribution in [0.15, 0.2) is 0 Å². The van der Waals surface area contributed by atoms with E-state index in [1.54, 1.807) is 0 Å². The van der Waals surface area contributed by atoms with E-state index in [1.807, 2.05) is 0 Å². The van der Waals surface area contributed by atoms with Crippen molar-refractivity contribution < 1.29 is 0 Å². The molecule has 2 aliphatic rings. The summed E-state index contributed by atoms with van der Waals surface area (Å²) in [6, 6.07) is 0.750. The topological polar surface area (TPSA) is 32.5 Å². The minimum absolute atomic E-state index is 0.743. The summed E-state index contributed by atoms with van der Waals surface area (Å²) in [5.74, 6) is 1.62. The maximum absolute atomic E-state index is 5.93. The first-order chi connectivity index (χ1) is 8.20. The van der Waals surface area contributed by atoms with Crippen molar-refractivity contribution in [3.05, 3.63) is 0 Å². The van der Waals surface area contributed by atoms with Crippen molar-refractivity contribution in [3.8, 4) is 0 Å². The Morgan fingerprint density at radius 3 is 2.65 bits per heavy atom. The summed E-state index contributed by atoms with van der Waals surface area (Å²) in [6.07, 6.45) is 6.87. The van der Waals surface area contributed by atoms with Gasteiger partial charge < -0.3 is 15.5 Å². The third kappa shape index (κ3) is 3.43. The third-order valence-corrected chi connectivity index (χ3v) is 4.77. The summed E-state index contributed by atoms with van der Waals surface area (Å²) in [5, 5.41) is 0. The maximum atomic E-state index is 5.93. The van der Waals surface area contributed by atoms with Gasteiger partial charge in [-0.25, -0.2) is 0 Å². The smallest absolute Gasteiger partial charge is 0.0133 e. The van der Waals surface area contributed by atoms with Gasteiger partial charge in [0.1, 0.15) is 0 Å². The van der Waals surface area contributed by atoms with Crippen LogP contribution in [-0.2, 0) is 0 Å². The second kappa shape index (κ2) is 6.17. The molecular formula is C14H29N3. The first kappa shape index (κ1) is 13.3. The molecule has 2 N–H and O–H groups in total. The second-order valence-electron chi connectivity index (χ2n) is 6.20. The van der Waals surface area contributed by atoms with Crippen molar-refractivity contribution in [2.45, 2.75) is 38.1 Å². The van der Waals surface area contributed by atoms with Crippen LogP contribution >= 0.6 is 0 Å². The Bertz CT molecular complexity index is 232. The Morgan fingerprint density at radius 2 is 2.00 bits per heavy atom. The number of nitrogens with zero attached hydrogens (tertiary/aromatic N) is 2. The van der Waals surface area contributed by atoms with Crippen molar-refractivity contribution >= 4 is 0 Å². The third-order valence-electron chi connectivity index (χ3n) is 4.77. The van der Waals surface area contributed by atoms with Gasteiger partial charge in [-0.05, 0) is 58.3 Å². The van der Waals surface area contributed by atoms with Crippen LogP contribution in [-0.4, -0.2) is 56.1 Å². The van der Waals surface area contributed by atoms with Crippen LogP contribution in [0.25, 0.3) is 0 Å². The standard InChI is InChI=1S/C14H29N3/c1-16-8-7-12(10-16)11-17(2)14-6-4-3-5-13(14)9-15/h12-14H,3-11,15H2,1-2H3. The molecule has 1 heterocycles. The van der Waals surface area contributed by atoms with Gasteiger partial charge in [0.25, 0.3) is 0 Å². The molecule has 1 aliphatic carbocycles. The Morgan fingerprint density at radius 1 is 1.24 bits per heavy atom.